The van der Waals surface area contributed by atoms with Crippen molar-refractivity contribution in [3.8, 4) is 0 Å². The molecule has 4 N–H and O–H groups in total. The first-order valence-electron chi connectivity index (χ1n) is 6.80. The Kier molecular flexibility index (Phi) is 6.73. The van der Waals surface area contributed by atoms with E-state index in [0.717, 1.165) is 5.56 Å². The molecule has 5 nitrogen and oxygen atoms in total. The predicted octanol–water partition coefficient (Wildman–Crippen LogP) is 1.32. The highest BCUT2D eigenvalue weighted by molar-refractivity contribution is 5.82. The first kappa shape index (κ1) is 16.2. The summed E-state index contributed by atoms with van der Waals surface area (Å²) in [4.78, 5) is 22.3. The second-order valence-electron chi connectivity index (χ2n) is 4.99. The summed E-state index contributed by atoms with van der Waals surface area (Å²) in [6, 6.07) is 8.96. The fraction of sp³-hybridized carbons (Fsp3) is 0.467. The van der Waals surface area contributed by atoms with Gasteiger partial charge in [-0.15, -0.1) is 0 Å². The Morgan fingerprint density at radius 1 is 1.30 bits per heavy atom. The molecule has 0 fully saturated rings. The molecule has 2 atom stereocenters. The van der Waals surface area contributed by atoms with E-state index in [1.165, 1.54) is 0 Å². The lowest BCUT2D eigenvalue weighted by atomic mass is 10.1. The molecule has 1 aromatic carbocycles. The van der Waals surface area contributed by atoms with Crippen LogP contribution in [0, 0.1) is 0 Å². The zero-order valence-corrected chi connectivity index (χ0v) is 11.7. The second kappa shape index (κ2) is 8.32. The van der Waals surface area contributed by atoms with Gasteiger partial charge in [-0.05, 0) is 31.7 Å². The number of nitrogens with two attached hydrogens (primary N) is 1. The number of carbonyl (C=O) groups is 2. The van der Waals surface area contributed by atoms with Crippen molar-refractivity contribution < 1.29 is 14.7 Å². The van der Waals surface area contributed by atoms with Crippen molar-refractivity contribution in [2.45, 2.75) is 44.7 Å². The van der Waals surface area contributed by atoms with Crippen LogP contribution in [0.1, 0.15) is 31.7 Å². The van der Waals surface area contributed by atoms with Crippen LogP contribution in [0.5, 0.6) is 0 Å². The van der Waals surface area contributed by atoms with E-state index >= 15 is 0 Å². The second-order valence-corrected chi connectivity index (χ2v) is 4.99. The highest BCUT2D eigenvalue weighted by atomic mass is 16.4. The zero-order valence-electron chi connectivity index (χ0n) is 11.7. The Labute approximate surface area is 119 Å². The smallest absolute Gasteiger partial charge is 0.303 e. The number of amides is 1. The molecule has 1 unspecified atom stereocenters. The SMILES string of the molecule is CC(CCCC(=O)O)NC(=O)[C@@H](N)Cc1ccccc1. The maximum absolute atomic E-state index is 11.9. The molecule has 1 rings (SSSR count). The first-order valence-corrected chi connectivity index (χ1v) is 6.80. The van der Waals surface area contributed by atoms with Crippen LogP contribution in [0.15, 0.2) is 30.3 Å². The van der Waals surface area contributed by atoms with E-state index < -0.39 is 12.0 Å². The average molecular weight is 278 g/mol. The van der Waals surface area contributed by atoms with Crippen molar-refractivity contribution in [2.75, 3.05) is 0 Å². The van der Waals surface area contributed by atoms with Gasteiger partial charge in [0.1, 0.15) is 0 Å². The fourth-order valence-electron chi connectivity index (χ4n) is 1.94. The van der Waals surface area contributed by atoms with Crippen molar-refractivity contribution in [2.24, 2.45) is 5.73 Å². The molecule has 0 aliphatic rings. The maximum Gasteiger partial charge on any atom is 0.303 e. The monoisotopic (exact) mass is 278 g/mol. The normalized spacial score (nSPS) is 13.5. The number of carboxylic acids is 1. The van der Waals surface area contributed by atoms with Crippen molar-refractivity contribution in [3.63, 3.8) is 0 Å². The third kappa shape index (κ3) is 6.33. The Balaban J connectivity index is 2.32. The van der Waals surface area contributed by atoms with Crippen LogP contribution >= 0.6 is 0 Å². The van der Waals surface area contributed by atoms with Crippen LogP contribution in [-0.2, 0) is 16.0 Å². The molecule has 110 valence electrons. The van der Waals surface area contributed by atoms with Crippen LogP contribution in [0.4, 0.5) is 0 Å². The molecule has 0 aliphatic heterocycles. The van der Waals surface area contributed by atoms with Gasteiger partial charge in [0, 0.05) is 12.5 Å². The summed E-state index contributed by atoms with van der Waals surface area (Å²) in [5, 5.41) is 11.4. The number of hydrogen-bond acceptors (Lipinski definition) is 3. The minimum absolute atomic E-state index is 0.0660. The van der Waals surface area contributed by atoms with Gasteiger partial charge in [-0.1, -0.05) is 30.3 Å². The zero-order chi connectivity index (χ0) is 15.0. The molecule has 1 amide bonds. The van der Waals surface area contributed by atoms with Gasteiger partial charge in [0.25, 0.3) is 0 Å². The molecule has 0 saturated carbocycles. The van der Waals surface area contributed by atoms with Crippen LogP contribution in [0.2, 0.25) is 0 Å². The van der Waals surface area contributed by atoms with Crippen LogP contribution < -0.4 is 11.1 Å². The number of benzene rings is 1. The Hall–Kier alpha value is -1.88. The standard InChI is InChI=1S/C15H22N2O3/c1-11(6-5-9-14(18)19)17-15(20)13(16)10-12-7-3-2-4-8-12/h2-4,7-8,11,13H,5-6,9-10,16H2,1H3,(H,17,20)(H,18,19)/t11?,13-/m0/s1. The highest BCUT2D eigenvalue weighted by Crippen LogP contribution is 2.04. The molecule has 1 aromatic rings. The average Bonchev–Trinajstić information content (AvgIpc) is 2.39. The highest BCUT2D eigenvalue weighted by Gasteiger charge is 2.16. The lowest BCUT2D eigenvalue weighted by Gasteiger charge is -2.17. The van der Waals surface area contributed by atoms with Gasteiger partial charge >= 0.3 is 5.97 Å². The third-order valence-corrected chi connectivity index (χ3v) is 3.05. The summed E-state index contributed by atoms with van der Waals surface area (Å²) in [6.07, 6.45) is 1.80. The Bertz CT molecular complexity index is 434. The fourth-order valence-corrected chi connectivity index (χ4v) is 1.94. The summed E-state index contributed by atoms with van der Waals surface area (Å²) < 4.78 is 0. The topological polar surface area (TPSA) is 92.4 Å². The molecule has 0 aliphatic carbocycles. The van der Waals surface area contributed by atoms with E-state index in [-0.39, 0.29) is 18.4 Å². The van der Waals surface area contributed by atoms with Crippen LogP contribution in [0.25, 0.3) is 0 Å². The van der Waals surface area contributed by atoms with Gasteiger partial charge in [-0.2, -0.15) is 0 Å². The van der Waals surface area contributed by atoms with E-state index in [2.05, 4.69) is 5.32 Å². The number of carboxylic acid groups (broad SMARTS) is 1. The van der Waals surface area contributed by atoms with Crippen molar-refractivity contribution in [1.29, 1.82) is 0 Å². The van der Waals surface area contributed by atoms with Crippen molar-refractivity contribution in [3.05, 3.63) is 35.9 Å². The Morgan fingerprint density at radius 2 is 1.95 bits per heavy atom. The summed E-state index contributed by atoms with van der Waals surface area (Å²) in [5.41, 5.74) is 6.89. The van der Waals surface area contributed by atoms with E-state index in [4.69, 9.17) is 10.8 Å². The molecule has 0 bridgehead atoms. The molecular weight excluding hydrogens is 256 g/mol. The molecule has 0 spiro atoms. The number of hydrogen-bond donors (Lipinski definition) is 3. The van der Waals surface area contributed by atoms with Gasteiger partial charge in [0.05, 0.1) is 6.04 Å². The van der Waals surface area contributed by atoms with E-state index in [9.17, 15) is 9.59 Å². The number of aliphatic carboxylic acids is 1. The summed E-state index contributed by atoms with van der Waals surface area (Å²) in [6.45, 7) is 1.86. The number of carbonyl (C=O) groups excluding carboxylic acids is 1. The van der Waals surface area contributed by atoms with Gasteiger partial charge in [-0.3, -0.25) is 9.59 Å². The third-order valence-electron chi connectivity index (χ3n) is 3.05. The van der Waals surface area contributed by atoms with E-state index in [1.54, 1.807) is 0 Å². The number of nitrogens with one attached hydrogen (secondary N) is 1. The summed E-state index contributed by atoms with van der Waals surface area (Å²) in [7, 11) is 0. The largest absolute Gasteiger partial charge is 0.481 e. The quantitative estimate of drug-likeness (QED) is 0.668. The maximum atomic E-state index is 11.9. The Morgan fingerprint density at radius 3 is 2.55 bits per heavy atom. The molecular formula is C15H22N2O3. The lowest BCUT2D eigenvalue weighted by molar-refractivity contribution is -0.137. The van der Waals surface area contributed by atoms with Gasteiger partial charge < -0.3 is 16.2 Å². The van der Waals surface area contributed by atoms with Crippen LogP contribution in [-0.4, -0.2) is 29.1 Å². The van der Waals surface area contributed by atoms with Crippen molar-refractivity contribution >= 4 is 11.9 Å². The molecule has 20 heavy (non-hydrogen) atoms. The summed E-state index contributed by atoms with van der Waals surface area (Å²) in [5.74, 6) is -1.01. The van der Waals surface area contributed by atoms with Gasteiger partial charge in [-0.25, -0.2) is 0 Å². The van der Waals surface area contributed by atoms with Gasteiger partial charge in [0.15, 0.2) is 0 Å². The molecule has 0 saturated heterocycles. The molecule has 0 radical (unpaired) electrons. The lowest BCUT2D eigenvalue weighted by Crippen LogP contribution is -2.45. The van der Waals surface area contributed by atoms with Crippen molar-refractivity contribution in [1.82, 2.24) is 5.32 Å². The summed E-state index contributed by atoms with van der Waals surface area (Å²) >= 11 is 0. The van der Waals surface area contributed by atoms with Crippen LogP contribution in [0.3, 0.4) is 0 Å². The minimum atomic E-state index is -0.815. The molecule has 5 heteroatoms. The van der Waals surface area contributed by atoms with Gasteiger partial charge in [0.2, 0.25) is 5.91 Å². The number of rotatable bonds is 8. The molecule has 0 aromatic heterocycles. The van der Waals surface area contributed by atoms with E-state index in [1.807, 2.05) is 37.3 Å². The minimum Gasteiger partial charge on any atom is -0.481 e. The molecule has 0 heterocycles. The predicted molar refractivity (Wildman–Crippen MR) is 77.2 cm³/mol. The van der Waals surface area contributed by atoms with E-state index in [0.29, 0.717) is 19.3 Å². The first-order chi connectivity index (χ1) is 9.49.